The first kappa shape index (κ1) is 8.99. The molecule has 72 valence electrons. The van der Waals surface area contributed by atoms with E-state index in [4.69, 9.17) is 0 Å². The number of benzene rings is 1. The second-order valence-electron chi connectivity index (χ2n) is 3.26. The van der Waals surface area contributed by atoms with Gasteiger partial charge in [-0.3, -0.25) is 9.59 Å². The molecule has 2 rings (SSSR count). The van der Waals surface area contributed by atoms with Crippen LogP contribution >= 0.6 is 0 Å². The zero-order valence-corrected chi connectivity index (χ0v) is 7.30. The fourth-order valence-electron chi connectivity index (χ4n) is 1.54. The van der Waals surface area contributed by atoms with E-state index in [-0.39, 0.29) is 11.1 Å². The van der Waals surface area contributed by atoms with E-state index in [0.29, 0.717) is 0 Å². The van der Waals surface area contributed by atoms with Crippen LogP contribution in [0, 0.1) is 17.6 Å². The summed E-state index contributed by atoms with van der Waals surface area (Å²) in [5.74, 6) is -3.89. The molecule has 1 aromatic rings. The molecule has 0 heterocycles. The summed E-state index contributed by atoms with van der Waals surface area (Å²) in [5, 5.41) is 0. The number of hydrogen-bond donors (Lipinski definition) is 0. The van der Waals surface area contributed by atoms with Crippen LogP contribution in [0.5, 0.6) is 0 Å². The highest BCUT2D eigenvalue weighted by molar-refractivity contribution is 6.26. The average Bonchev–Trinajstić information content (AvgIpc) is 2.34. The minimum absolute atomic E-state index is 0.0126. The molecule has 2 nitrogen and oxygen atoms in total. The summed E-state index contributed by atoms with van der Waals surface area (Å²) in [6.07, 6.45) is 0. The molecular weight excluding hydrogens is 190 g/mol. The molecule has 14 heavy (non-hydrogen) atoms. The molecule has 0 bridgehead atoms. The minimum atomic E-state index is -1.10. The van der Waals surface area contributed by atoms with Crippen LogP contribution in [0.4, 0.5) is 8.78 Å². The first-order valence-corrected chi connectivity index (χ1v) is 4.10. The second kappa shape index (κ2) is 2.70. The highest BCUT2D eigenvalue weighted by Crippen LogP contribution is 2.28. The Morgan fingerprint density at radius 1 is 1.00 bits per heavy atom. The Morgan fingerprint density at radius 3 is 1.71 bits per heavy atom. The van der Waals surface area contributed by atoms with Gasteiger partial charge >= 0.3 is 0 Å². The number of Topliss-reactive ketones (excluding diaryl/α,β-unsaturated/α-hetero) is 2. The maximum absolute atomic E-state index is 12.8. The maximum Gasteiger partial charge on any atom is 0.174 e. The lowest BCUT2D eigenvalue weighted by Crippen LogP contribution is -2.09. The Balaban J connectivity index is 2.71. The smallest absolute Gasteiger partial charge is 0.174 e. The number of halogens is 2. The van der Waals surface area contributed by atoms with Crippen LogP contribution in [0.3, 0.4) is 0 Å². The van der Waals surface area contributed by atoms with E-state index >= 15 is 0 Å². The van der Waals surface area contributed by atoms with Gasteiger partial charge < -0.3 is 0 Å². The highest BCUT2D eigenvalue weighted by atomic mass is 19.2. The first-order chi connectivity index (χ1) is 6.52. The summed E-state index contributed by atoms with van der Waals surface area (Å²) in [5.41, 5.74) is -0.0252. The zero-order valence-electron chi connectivity index (χ0n) is 7.30. The molecule has 0 N–H and O–H groups in total. The molecular formula is C10H6F2O2. The minimum Gasteiger partial charge on any atom is -0.293 e. The van der Waals surface area contributed by atoms with Gasteiger partial charge in [0.2, 0.25) is 0 Å². The van der Waals surface area contributed by atoms with Gasteiger partial charge in [0.1, 0.15) is 0 Å². The fraction of sp³-hybridized carbons (Fsp3) is 0.200. The van der Waals surface area contributed by atoms with E-state index in [1.54, 1.807) is 0 Å². The molecule has 1 aliphatic carbocycles. The molecule has 0 atom stereocenters. The molecule has 0 fully saturated rings. The summed E-state index contributed by atoms with van der Waals surface area (Å²) in [6, 6.07) is 1.57. The summed E-state index contributed by atoms with van der Waals surface area (Å²) >= 11 is 0. The molecule has 0 saturated carbocycles. The zero-order chi connectivity index (χ0) is 10.5. The van der Waals surface area contributed by atoms with Crippen molar-refractivity contribution in [1.82, 2.24) is 0 Å². The summed E-state index contributed by atoms with van der Waals surface area (Å²) in [7, 11) is 0. The normalized spacial score (nSPS) is 16.2. The van der Waals surface area contributed by atoms with Crippen LogP contribution in [0.2, 0.25) is 0 Å². The van der Waals surface area contributed by atoms with Crippen LogP contribution in [-0.4, -0.2) is 11.6 Å². The van der Waals surface area contributed by atoms with E-state index in [9.17, 15) is 18.4 Å². The summed E-state index contributed by atoms with van der Waals surface area (Å²) in [4.78, 5) is 22.7. The predicted octanol–water partition coefficient (Wildman–Crippen LogP) is 1.98. The number of ketones is 2. The Morgan fingerprint density at radius 2 is 1.36 bits per heavy atom. The average molecular weight is 196 g/mol. The number of hydrogen-bond acceptors (Lipinski definition) is 2. The van der Waals surface area contributed by atoms with Crippen molar-refractivity contribution in [2.75, 3.05) is 0 Å². The molecule has 0 amide bonds. The van der Waals surface area contributed by atoms with Crippen molar-refractivity contribution in [1.29, 1.82) is 0 Å². The van der Waals surface area contributed by atoms with Crippen molar-refractivity contribution in [3.05, 3.63) is 34.9 Å². The van der Waals surface area contributed by atoms with Crippen molar-refractivity contribution >= 4 is 11.6 Å². The van der Waals surface area contributed by atoms with Gasteiger partial charge in [0.05, 0.1) is 5.92 Å². The second-order valence-corrected chi connectivity index (χ2v) is 3.26. The van der Waals surface area contributed by atoms with E-state index in [2.05, 4.69) is 0 Å². The summed E-state index contributed by atoms with van der Waals surface area (Å²) < 4.78 is 25.5. The maximum atomic E-state index is 12.8. The highest BCUT2D eigenvalue weighted by Gasteiger charge is 2.36. The van der Waals surface area contributed by atoms with E-state index in [1.165, 1.54) is 6.92 Å². The predicted molar refractivity (Wildman–Crippen MR) is 44.2 cm³/mol. The van der Waals surface area contributed by atoms with Crippen molar-refractivity contribution < 1.29 is 18.4 Å². The molecule has 0 aliphatic heterocycles. The van der Waals surface area contributed by atoms with Gasteiger partial charge in [-0.1, -0.05) is 0 Å². The molecule has 0 unspecified atom stereocenters. The van der Waals surface area contributed by atoms with Crippen LogP contribution < -0.4 is 0 Å². The Hall–Kier alpha value is -1.58. The van der Waals surface area contributed by atoms with Crippen molar-refractivity contribution in [3.63, 3.8) is 0 Å². The van der Waals surface area contributed by atoms with E-state index in [0.717, 1.165) is 12.1 Å². The van der Waals surface area contributed by atoms with Gasteiger partial charge in [-0.05, 0) is 19.1 Å². The summed E-state index contributed by atoms with van der Waals surface area (Å²) in [6.45, 7) is 1.43. The molecule has 1 aliphatic rings. The molecule has 1 aromatic carbocycles. The van der Waals surface area contributed by atoms with E-state index in [1.807, 2.05) is 0 Å². The van der Waals surface area contributed by atoms with E-state index < -0.39 is 29.1 Å². The van der Waals surface area contributed by atoms with Crippen LogP contribution in [0.25, 0.3) is 0 Å². The Kier molecular flexibility index (Phi) is 1.74. The van der Waals surface area contributed by atoms with Crippen molar-refractivity contribution in [3.8, 4) is 0 Å². The van der Waals surface area contributed by atoms with Gasteiger partial charge in [-0.15, -0.1) is 0 Å². The van der Waals surface area contributed by atoms with Crippen molar-refractivity contribution in [2.45, 2.75) is 6.92 Å². The van der Waals surface area contributed by atoms with Gasteiger partial charge in [0.15, 0.2) is 23.2 Å². The van der Waals surface area contributed by atoms with Crippen molar-refractivity contribution in [2.24, 2.45) is 5.92 Å². The monoisotopic (exact) mass is 196 g/mol. The largest absolute Gasteiger partial charge is 0.293 e. The third-order valence-electron chi connectivity index (χ3n) is 2.38. The van der Waals surface area contributed by atoms with Gasteiger partial charge in [0, 0.05) is 11.1 Å². The molecule has 0 radical (unpaired) electrons. The SMILES string of the molecule is CC1C(=O)c2cc(F)c(F)cc2C1=O. The lowest BCUT2D eigenvalue weighted by molar-refractivity contribution is 0.0852. The van der Waals surface area contributed by atoms with Crippen LogP contribution in [0.1, 0.15) is 27.6 Å². The van der Waals surface area contributed by atoms with Gasteiger partial charge in [-0.25, -0.2) is 8.78 Å². The van der Waals surface area contributed by atoms with Crippen LogP contribution in [-0.2, 0) is 0 Å². The lowest BCUT2D eigenvalue weighted by Gasteiger charge is -1.96. The van der Waals surface area contributed by atoms with Gasteiger partial charge in [0.25, 0.3) is 0 Å². The number of carbonyl (C=O) groups is 2. The lowest BCUT2D eigenvalue weighted by atomic mass is 10.1. The quantitative estimate of drug-likeness (QED) is 0.594. The number of rotatable bonds is 0. The molecule has 4 heteroatoms. The molecule has 0 saturated heterocycles. The number of carbonyl (C=O) groups excluding carboxylic acids is 2. The van der Waals surface area contributed by atoms with Gasteiger partial charge in [-0.2, -0.15) is 0 Å². The molecule has 0 spiro atoms. The Labute approximate surface area is 78.5 Å². The fourth-order valence-corrected chi connectivity index (χ4v) is 1.54. The molecule has 0 aromatic heterocycles. The Bertz CT molecular complexity index is 411. The van der Waals surface area contributed by atoms with Crippen LogP contribution in [0.15, 0.2) is 12.1 Å². The third-order valence-corrected chi connectivity index (χ3v) is 2.38. The standard InChI is InChI=1S/C10H6F2O2/c1-4-9(13)5-2-7(11)8(12)3-6(5)10(4)14/h2-4H,1H3. The number of fused-ring (bicyclic) bond motifs is 1. The third kappa shape index (κ3) is 0.999. The first-order valence-electron chi connectivity index (χ1n) is 4.10. The topological polar surface area (TPSA) is 34.1 Å².